The molecule has 0 amide bonds. The second-order valence-corrected chi connectivity index (χ2v) is 9.74. The van der Waals surface area contributed by atoms with Crippen molar-refractivity contribution in [3.05, 3.63) is 87.0 Å². The van der Waals surface area contributed by atoms with Crippen LogP contribution in [0.4, 0.5) is 5.69 Å². The summed E-state index contributed by atoms with van der Waals surface area (Å²) in [4.78, 5) is 27.8. The third kappa shape index (κ3) is 4.54. The van der Waals surface area contributed by atoms with Crippen molar-refractivity contribution in [1.82, 2.24) is 4.57 Å². The van der Waals surface area contributed by atoms with Crippen LogP contribution >= 0.6 is 0 Å². The maximum atomic E-state index is 11.6. The third-order valence-corrected chi connectivity index (χ3v) is 6.26. The molecule has 0 atom stereocenters. The maximum Gasteiger partial charge on any atom is 0.332 e. The minimum absolute atomic E-state index is 0.00785. The predicted octanol–water partition coefficient (Wildman–Crippen LogP) is 6.64. The minimum Gasteiger partial charge on any atom is -0.341 e. The molecule has 0 saturated heterocycles. The number of hydrogen-bond donors (Lipinski definition) is 0. The zero-order valence-electron chi connectivity index (χ0n) is 20.9. The summed E-state index contributed by atoms with van der Waals surface area (Å²) in [7, 11) is 0. The van der Waals surface area contributed by atoms with Gasteiger partial charge in [-0.15, -0.1) is 0 Å². The average molecular weight is 472 g/mol. The molecule has 180 valence electrons. The van der Waals surface area contributed by atoms with Crippen LogP contribution in [0.5, 0.6) is 0 Å². The van der Waals surface area contributed by atoms with Crippen LogP contribution in [-0.4, -0.2) is 21.2 Å². The number of hydrogen-bond acceptors (Lipinski definition) is 5. The molecule has 1 heterocycles. The summed E-state index contributed by atoms with van der Waals surface area (Å²) >= 11 is 0. The molecule has 35 heavy (non-hydrogen) atoms. The lowest BCUT2D eigenvalue weighted by atomic mass is 9.84. The molecule has 0 radical (unpaired) electrons. The standard InChI is InChI=1S/C28H29N3O4/c1-7-30-25-12-8-19(15-23(25)24-16-21(31(33)34)10-13-26(24)30)27(29-35-18(3)32)22-11-9-20(14-17(22)2)28(4,5)6/h8-16H,7H2,1-6H3/b29-27-. The molecule has 3 aromatic carbocycles. The van der Waals surface area contributed by atoms with E-state index in [0.717, 1.165) is 45.0 Å². The van der Waals surface area contributed by atoms with Gasteiger partial charge in [-0.2, -0.15) is 0 Å². The van der Waals surface area contributed by atoms with Crippen molar-refractivity contribution < 1.29 is 14.6 Å². The lowest BCUT2D eigenvalue weighted by Crippen LogP contribution is -2.13. The molecule has 0 aliphatic rings. The van der Waals surface area contributed by atoms with Crippen molar-refractivity contribution in [3.8, 4) is 0 Å². The average Bonchev–Trinajstić information content (AvgIpc) is 3.11. The first-order chi connectivity index (χ1) is 16.5. The Labute approximate surface area is 204 Å². The molecule has 0 bridgehead atoms. The van der Waals surface area contributed by atoms with E-state index in [0.29, 0.717) is 5.71 Å². The fourth-order valence-electron chi connectivity index (χ4n) is 4.46. The molecule has 0 unspecified atom stereocenters. The fourth-order valence-corrected chi connectivity index (χ4v) is 4.46. The van der Waals surface area contributed by atoms with Gasteiger partial charge in [0, 0.05) is 58.5 Å². The molecule has 7 nitrogen and oxygen atoms in total. The third-order valence-electron chi connectivity index (χ3n) is 6.26. The van der Waals surface area contributed by atoms with Gasteiger partial charge in [0.25, 0.3) is 5.69 Å². The molecule has 0 spiro atoms. The van der Waals surface area contributed by atoms with Crippen LogP contribution < -0.4 is 0 Å². The topological polar surface area (TPSA) is 86.7 Å². The van der Waals surface area contributed by atoms with Gasteiger partial charge in [0.15, 0.2) is 0 Å². The SMILES string of the molecule is CCn1c2ccc(/C(=N/OC(C)=O)c3ccc(C(C)(C)C)cc3C)cc2c2cc([N+](=O)[O-])ccc21. The molecular formula is C28H29N3O4. The van der Waals surface area contributed by atoms with Crippen LogP contribution in [0.3, 0.4) is 0 Å². The van der Waals surface area contributed by atoms with E-state index in [1.54, 1.807) is 12.1 Å². The monoisotopic (exact) mass is 471 g/mol. The number of carbonyl (C=O) groups excluding carboxylic acids is 1. The van der Waals surface area contributed by atoms with Gasteiger partial charge in [-0.1, -0.05) is 50.2 Å². The van der Waals surface area contributed by atoms with Crippen molar-refractivity contribution in [2.75, 3.05) is 0 Å². The molecule has 0 fully saturated rings. The number of aromatic nitrogens is 1. The maximum absolute atomic E-state index is 11.6. The Kier molecular flexibility index (Phi) is 6.19. The highest BCUT2D eigenvalue weighted by Crippen LogP contribution is 2.33. The number of oxime groups is 1. The highest BCUT2D eigenvalue weighted by Gasteiger charge is 2.20. The normalized spacial score (nSPS) is 12.3. The van der Waals surface area contributed by atoms with Gasteiger partial charge in [0.1, 0.15) is 5.71 Å². The first-order valence-corrected chi connectivity index (χ1v) is 11.6. The van der Waals surface area contributed by atoms with Crippen LogP contribution in [0.2, 0.25) is 0 Å². The van der Waals surface area contributed by atoms with Crippen LogP contribution in [0.15, 0.2) is 59.8 Å². The van der Waals surface area contributed by atoms with Gasteiger partial charge in [-0.25, -0.2) is 4.79 Å². The zero-order chi connectivity index (χ0) is 25.5. The molecule has 4 aromatic rings. The number of fused-ring (bicyclic) bond motifs is 3. The van der Waals surface area contributed by atoms with Gasteiger partial charge in [0.05, 0.1) is 4.92 Å². The van der Waals surface area contributed by atoms with Gasteiger partial charge < -0.3 is 9.40 Å². The Morgan fingerprint density at radius 3 is 2.26 bits per heavy atom. The van der Waals surface area contributed by atoms with Gasteiger partial charge in [-0.3, -0.25) is 10.1 Å². The first kappa shape index (κ1) is 24.1. The van der Waals surface area contributed by atoms with Gasteiger partial charge in [-0.05, 0) is 48.6 Å². The number of nitrogens with zero attached hydrogens (tertiary/aromatic N) is 3. The lowest BCUT2D eigenvalue weighted by molar-refractivity contribution is -0.384. The van der Waals surface area contributed by atoms with E-state index in [2.05, 4.69) is 42.6 Å². The summed E-state index contributed by atoms with van der Waals surface area (Å²) < 4.78 is 2.13. The summed E-state index contributed by atoms with van der Waals surface area (Å²) in [5.41, 5.74) is 6.27. The molecule has 1 aromatic heterocycles. The van der Waals surface area contributed by atoms with Crippen LogP contribution in [-0.2, 0) is 21.6 Å². The Balaban J connectivity index is 1.96. The molecule has 7 heteroatoms. The van der Waals surface area contributed by atoms with E-state index >= 15 is 0 Å². The number of nitro groups is 1. The molecule has 4 rings (SSSR count). The second kappa shape index (κ2) is 8.98. The highest BCUT2D eigenvalue weighted by molar-refractivity contribution is 6.17. The van der Waals surface area contributed by atoms with Crippen LogP contribution in [0.25, 0.3) is 21.8 Å². The van der Waals surface area contributed by atoms with E-state index in [1.165, 1.54) is 18.6 Å². The van der Waals surface area contributed by atoms with E-state index in [1.807, 2.05) is 38.1 Å². The first-order valence-electron chi connectivity index (χ1n) is 11.6. The van der Waals surface area contributed by atoms with Gasteiger partial charge >= 0.3 is 5.97 Å². The van der Waals surface area contributed by atoms with Crippen LogP contribution in [0, 0.1) is 17.0 Å². The Bertz CT molecular complexity index is 1510. The molecule has 0 aliphatic heterocycles. The number of aryl methyl sites for hydroxylation is 2. The Morgan fingerprint density at radius 1 is 1.03 bits per heavy atom. The van der Waals surface area contributed by atoms with Crippen LogP contribution in [0.1, 0.15) is 56.9 Å². The number of nitro benzene ring substituents is 1. The van der Waals surface area contributed by atoms with Crippen molar-refractivity contribution in [2.24, 2.45) is 5.16 Å². The molecule has 0 N–H and O–H groups in total. The van der Waals surface area contributed by atoms with E-state index in [9.17, 15) is 14.9 Å². The Morgan fingerprint density at radius 2 is 1.69 bits per heavy atom. The number of benzene rings is 3. The summed E-state index contributed by atoms with van der Waals surface area (Å²) in [6, 6.07) is 17.0. The molecule has 0 aliphatic carbocycles. The fraction of sp³-hybridized carbons (Fsp3) is 0.286. The number of non-ortho nitro benzene ring substituents is 1. The largest absolute Gasteiger partial charge is 0.341 e. The van der Waals surface area contributed by atoms with E-state index in [-0.39, 0.29) is 16.0 Å². The molecular weight excluding hydrogens is 442 g/mol. The highest BCUT2D eigenvalue weighted by atomic mass is 16.7. The van der Waals surface area contributed by atoms with Gasteiger partial charge in [0.2, 0.25) is 0 Å². The summed E-state index contributed by atoms with van der Waals surface area (Å²) in [6.07, 6.45) is 0. The lowest BCUT2D eigenvalue weighted by Gasteiger charge is -2.21. The van der Waals surface area contributed by atoms with E-state index in [4.69, 9.17) is 4.84 Å². The number of rotatable bonds is 5. The van der Waals surface area contributed by atoms with Crippen molar-refractivity contribution in [3.63, 3.8) is 0 Å². The zero-order valence-corrected chi connectivity index (χ0v) is 20.9. The predicted molar refractivity (Wildman–Crippen MR) is 139 cm³/mol. The van der Waals surface area contributed by atoms with E-state index < -0.39 is 5.97 Å². The quantitative estimate of drug-likeness (QED) is 0.141. The number of carbonyl (C=O) groups is 1. The minimum atomic E-state index is -0.509. The summed E-state index contributed by atoms with van der Waals surface area (Å²) in [5.74, 6) is -0.509. The van der Waals surface area contributed by atoms with Crippen molar-refractivity contribution >= 4 is 39.2 Å². The smallest absolute Gasteiger partial charge is 0.332 e. The Hall–Kier alpha value is -4.00. The van der Waals surface area contributed by atoms with Crippen molar-refractivity contribution in [2.45, 2.75) is 53.5 Å². The summed E-state index contributed by atoms with van der Waals surface area (Å²) in [6.45, 7) is 12.6. The second-order valence-electron chi connectivity index (χ2n) is 9.74. The summed E-state index contributed by atoms with van der Waals surface area (Å²) in [5, 5.41) is 17.3. The molecule has 0 saturated carbocycles. The van der Waals surface area contributed by atoms with Crippen molar-refractivity contribution in [1.29, 1.82) is 0 Å².